The first-order chi connectivity index (χ1) is 7.23. The van der Waals surface area contributed by atoms with Crippen LogP contribution < -0.4 is 11.1 Å². The Morgan fingerprint density at radius 2 is 2.40 bits per heavy atom. The highest BCUT2D eigenvalue weighted by atomic mass is 16.2. The predicted molar refractivity (Wildman–Crippen MR) is 59.5 cm³/mol. The number of amides is 2. The van der Waals surface area contributed by atoms with Crippen molar-refractivity contribution < 1.29 is 4.79 Å². The number of nitrogens with one attached hydrogen (secondary N) is 1. The molecule has 2 aliphatic rings. The Hall–Kier alpha value is -0.770. The maximum absolute atomic E-state index is 11.8. The van der Waals surface area contributed by atoms with E-state index in [2.05, 4.69) is 5.32 Å². The van der Waals surface area contributed by atoms with Gasteiger partial charge in [0.25, 0.3) is 0 Å². The van der Waals surface area contributed by atoms with Gasteiger partial charge in [-0.2, -0.15) is 0 Å². The number of nitrogens with two attached hydrogens (primary N) is 1. The SMILES string of the molecule is CCNC(=O)N1CC[C@]2(CN)CCC[C@H]12. The van der Waals surface area contributed by atoms with Crippen molar-refractivity contribution in [3.8, 4) is 0 Å². The summed E-state index contributed by atoms with van der Waals surface area (Å²) in [5.74, 6) is 0. The lowest BCUT2D eigenvalue weighted by molar-refractivity contribution is 0.174. The van der Waals surface area contributed by atoms with Gasteiger partial charge >= 0.3 is 6.03 Å². The van der Waals surface area contributed by atoms with Crippen molar-refractivity contribution in [2.24, 2.45) is 11.1 Å². The van der Waals surface area contributed by atoms with Crippen LogP contribution in [0.2, 0.25) is 0 Å². The summed E-state index contributed by atoms with van der Waals surface area (Å²) in [6.07, 6.45) is 4.64. The van der Waals surface area contributed by atoms with Gasteiger partial charge in [0, 0.05) is 24.5 Å². The average Bonchev–Trinajstić information content (AvgIpc) is 2.75. The Bertz CT molecular complexity index is 256. The lowest BCUT2D eigenvalue weighted by atomic mass is 9.82. The first kappa shape index (κ1) is 10.7. The van der Waals surface area contributed by atoms with E-state index < -0.39 is 0 Å². The molecule has 0 bridgehead atoms. The second-order valence-corrected chi connectivity index (χ2v) is 4.75. The van der Waals surface area contributed by atoms with Crippen molar-refractivity contribution in [3.63, 3.8) is 0 Å². The number of urea groups is 1. The highest BCUT2D eigenvalue weighted by Crippen LogP contribution is 2.47. The van der Waals surface area contributed by atoms with E-state index in [0.29, 0.717) is 12.6 Å². The van der Waals surface area contributed by atoms with Crippen LogP contribution in [0, 0.1) is 5.41 Å². The molecule has 0 spiro atoms. The summed E-state index contributed by atoms with van der Waals surface area (Å²) < 4.78 is 0. The quantitative estimate of drug-likeness (QED) is 0.713. The number of rotatable bonds is 2. The van der Waals surface area contributed by atoms with E-state index in [1.807, 2.05) is 11.8 Å². The molecular formula is C11H21N3O. The standard InChI is InChI=1S/C11H21N3O/c1-2-13-10(15)14-7-6-11(8-12)5-3-4-9(11)14/h9H,2-8,12H2,1H3,(H,13,15)/t9-,11-/m0/s1. The molecule has 15 heavy (non-hydrogen) atoms. The molecule has 3 N–H and O–H groups in total. The minimum atomic E-state index is 0.0970. The van der Waals surface area contributed by atoms with Crippen molar-refractivity contribution in [1.82, 2.24) is 10.2 Å². The van der Waals surface area contributed by atoms with Gasteiger partial charge in [-0.05, 0) is 32.7 Å². The van der Waals surface area contributed by atoms with Gasteiger partial charge in [-0.15, -0.1) is 0 Å². The lowest BCUT2D eigenvalue weighted by Crippen LogP contribution is -2.46. The first-order valence-corrected chi connectivity index (χ1v) is 5.98. The van der Waals surface area contributed by atoms with Crippen molar-refractivity contribution in [2.45, 2.75) is 38.6 Å². The maximum Gasteiger partial charge on any atom is 0.317 e. The van der Waals surface area contributed by atoms with Gasteiger partial charge in [0.2, 0.25) is 0 Å². The summed E-state index contributed by atoms with van der Waals surface area (Å²) in [4.78, 5) is 13.8. The molecule has 0 aromatic rings. The van der Waals surface area contributed by atoms with Gasteiger partial charge in [-0.1, -0.05) is 6.42 Å². The third-order valence-electron chi connectivity index (χ3n) is 4.08. The van der Waals surface area contributed by atoms with E-state index in [4.69, 9.17) is 5.73 Å². The molecule has 0 aromatic heterocycles. The Balaban J connectivity index is 2.08. The summed E-state index contributed by atoms with van der Waals surface area (Å²) in [6.45, 7) is 4.28. The number of likely N-dealkylation sites (tertiary alicyclic amines) is 1. The summed E-state index contributed by atoms with van der Waals surface area (Å²) in [5.41, 5.74) is 6.13. The van der Waals surface area contributed by atoms with Gasteiger partial charge in [0.1, 0.15) is 0 Å². The van der Waals surface area contributed by atoms with Crippen LogP contribution in [-0.4, -0.2) is 36.6 Å². The number of hydrogen-bond acceptors (Lipinski definition) is 2. The second kappa shape index (κ2) is 4.00. The van der Waals surface area contributed by atoms with Crippen LogP contribution in [0.15, 0.2) is 0 Å². The lowest BCUT2D eigenvalue weighted by Gasteiger charge is -2.31. The Kier molecular flexibility index (Phi) is 2.87. The molecule has 2 rings (SSSR count). The van der Waals surface area contributed by atoms with Crippen LogP contribution >= 0.6 is 0 Å². The molecule has 1 saturated carbocycles. The zero-order valence-corrected chi connectivity index (χ0v) is 9.46. The molecule has 4 heteroatoms. The molecule has 1 aliphatic heterocycles. The van der Waals surface area contributed by atoms with Gasteiger partial charge in [0.05, 0.1) is 0 Å². The van der Waals surface area contributed by atoms with E-state index >= 15 is 0 Å². The van der Waals surface area contributed by atoms with E-state index in [1.54, 1.807) is 0 Å². The molecule has 0 radical (unpaired) electrons. The Morgan fingerprint density at radius 1 is 1.60 bits per heavy atom. The fourth-order valence-electron chi connectivity index (χ4n) is 3.23. The van der Waals surface area contributed by atoms with E-state index in [9.17, 15) is 4.79 Å². The molecule has 2 atom stereocenters. The third-order valence-corrected chi connectivity index (χ3v) is 4.08. The van der Waals surface area contributed by atoms with E-state index in [-0.39, 0.29) is 11.4 Å². The number of fused-ring (bicyclic) bond motifs is 1. The van der Waals surface area contributed by atoms with Gasteiger partial charge in [0.15, 0.2) is 0 Å². The topological polar surface area (TPSA) is 58.4 Å². The van der Waals surface area contributed by atoms with Crippen molar-refractivity contribution in [3.05, 3.63) is 0 Å². The molecule has 4 nitrogen and oxygen atoms in total. The third kappa shape index (κ3) is 1.61. The number of carbonyl (C=O) groups is 1. The van der Waals surface area contributed by atoms with Crippen molar-refractivity contribution in [1.29, 1.82) is 0 Å². The number of hydrogen-bond donors (Lipinski definition) is 2. The van der Waals surface area contributed by atoms with Crippen molar-refractivity contribution in [2.75, 3.05) is 19.6 Å². The van der Waals surface area contributed by atoms with Crippen LogP contribution in [-0.2, 0) is 0 Å². The molecule has 2 fully saturated rings. The summed E-state index contributed by atoms with van der Waals surface area (Å²) in [7, 11) is 0. The van der Waals surface area contributed by atoms with Crippen molar-refractivity contribution >= 4 is 6.03 Å². The van der Waals surface area contributed by atoms with E-state index in [0.717, 1.165) is 25.9 Å². The van der Waals surface area contributed by atoms with Crippen LogP contribution in [0.3, 0.4) is 0 Å². The molecule has 86 valence electrons. The molecule has 1 aliphatic carbocycles. The van der Waals surface area contributed by atoms with Gasteiger partial charge in [-0.3, -0.25) is 0 Å². The monoisotopic (exact) mass is 211 g/mol. The zero-order chi connectivity index (χ0) is 10.9. The molecular weight excluding hydrogens is 190 g/mol. The molecule has 0 unspecified atom stereocenters. The smallest absolute Gasteiger partial charge is 0.317 e. The van der Waals surface area contributed by atoms with Gasteiger partial charge < -0.3 is 16.0 Å². The zero-order valence-electron chi connectivity index (χ0n) is 9.46. The normalized spacial score (nSPS) is 34.3. The Morgan fingerprint density at radius 3 is 3.07 bits per heavy atom. The minimum Gasteiger partial charge on any atom is -0.338 e. The van der Waals surface area contributed by atoms with E-state index in [1.165, 1.54) is 12.8 Å². The van der Waals surface area contributed by atoms with Crippen LogP contribution in [0.4, 0.5) is 4.79 Å². The fourth-order valence-corrected chi connectivity index (χ4v) is 3.23. The maximum atomic E-state index is 11.8. The highest BCUT2D eigenvalue weighted by Gasteiger charge is 2.50. The van der Waals surface area contributed by atoms with Gasteiger partial charge in [-0.25, -0.2) is 4.79 Å². The predicted octanol–water partition coefficient (Wildman–Crippen LogP) is 0.919. The largest absolute Gasteiger partial charge is 0.338 e. The number of nitrogens with zero attached hydrogens (tertiary/aromatic N) is 1. The van der Waals surface area contributed by atoms with Crippen LogP contribution in [0.25, 0.3) is 0 Å². The summed E-state index contributed by atoms with van der Waals surface area (Å²) in [5, 5.41) is 2.89. The number of carbonyl (C=O) groups excluding carboxylic acids is 1. The highest BCUT2D eigenvalue weighted by molar-refractivity contribution is 5.75. The molecule has 2 amide bonds. The minimum absolute atomic E-state index is 0.0970. The summed E-state index contributed by atoms with van der Waals surface area (Å²) in [6, 6.07) is 0.494. The fraction of sp³-hybridized carbons (Fsp3) is 0.909. The molecule has 0 aromatic carbocycles. The summed E-state index contributed by atoms with van der Waals surface area (Å²) >= 11 is 0. The average molecular weight is 211 g/mol. The first-order valence-electron chi connectivity index (χ1n) is 5.98. The van der Waals surface area contributed by atoms with Crippen LogP contribution in [0.1, 0.15) is 32.6 Å². The van der Waals surface area contributed by atoms with Crippen LogP contribution in [0.5, 0.6) is 0 Å². The second-order valence-electron chi connectivity index (χ2n) is 4.75. The Labute approximate surface area is 91.2 Å². The molecule has 1 heterocycles. The molecule has 1 saturated heterocycles.